The lowest BCUT2D eigenvalue weighted by Gasteiger charge is -2.15. The van der Waals surface area contributed by atoms with E-state index in [2.05, 4.69) is 22.3 Å². The van der Waals surface area contributed by atoms with Crippen LogP contribution in [0.1, 0.15) is 5.56 Å². The van der Waals surface area contributed by atoms with E-state index < -0.39 is 36.7 Å². The van der Waals surface area contributed by atoms with Crippen LogP contribution < -0.4 is 9.86 Å². The van der Waals surface area contributed by atoms with Gasteiger partial charge in [-0.3, -0.25) is 9.71 Å². The number of pyridine rings is 1. The summed E-state index contributed by atoms with van der Waals surface area (Å²) in [6.07, 6.45) is -3.23. The van der Waals surface area contributed by atoms with Crippen molar-refractivity contribution in [3.8, 4) is 11.3 Å². The van der Waals surface area contributed by atoms with E-state index in [-0.39, 0.29) is 21.8 Å². The number of alkyl halides is 3. The van der Waals surface area contributed by atoms with E-state index in [9.17, 15) is 30.0 Å². The summed E-state index contributed by atoms with van der Waals surface area (Å²) in [6.45, 7) is 0. The van der Waals surface area contributed by atoms with Crippen molar-refractivity contribution in [2.45, 2.75) is 16.0 Å². The Morgan fingerprint density at radius 1 is 1.12 bits per heavy atom. The van der Waals surface area contributed by atoms with Crippen LogP contribution in [-0.4, -0.2) is 28.1 Å². The summed E-state index contributed by atoms with van der Waals surface area (Å²) in [7, 11) is -7.99. The quantitative estimate of drug-likeness (QED) is 0.646. The van der Waals surface area contributed by atoms with Crippen LogP contribution in [-0.2, 0) is 26.2 Å². The molecule has 0 aliphatic rings. The van der Waals surface area contributed by atoms with E-state index in [0.29, 0.717) is 6.20 Å². The van der Waals surface area contributed by atoms with Gasteiger partial charge in [-0.2, -0.15) is 13.2 Å². The summed E-state index contributed by atoms with van der Waals surface area (Å²) < 4.78 is 86.5. The van der Waals surface area contributed by atoms with Gasteiger partial charge in [0.2, 0.25) is 20.0 Å². The van der Waals surface area contributed by atoms with Gasteiger partial charge in [-0.25, -0.2) is 22.0 Å². The molecule has 0 fully saturated rings. The molecule has 1 aromatic heterocycles. The number of hydrogen-bond acceptors (Lipinski definition) is 6. The molecule has 0 saturated carbocycles. The highest BCUT2D eigenvalue weighted by atomic mass is 32.2. The minimum atomic E-state index is -4.62. The van der Waals surface area contributed by atoms with Gasteiger partial charge in [0, 0.05) is 16.7 Å². The van der Waals surface area contributed by atoms with Crippen LogP contribution in [0.5, 0.6) is 0 Å². The molecule has 7 nitrogen and oxygen atoms in total. The first-order valence-corrected chi connectivity index (χ1v) is 10.5. The molecule has 0 unspecified atom stereocenters. The van der Waals surface area contributed by atoms with Gasteiger partial charge in [-0.05, 0) is 24.3 Å². The van der Waals surface area contributed by atoms with Gasteiger partial charge < -0.3 is 0 Å². The number of sulfonamides is 2. The Morgan fingerprint density at radius 2 is 1.73 bits per heavy atom. The van der Waals surface area contributed by atoms with Crippen LogP contribution in [0, 0.1) is 0 Å². The molecular formula is C13H12F3N3O4S3. The normalized spacial score (nSPS) is 12.8. The Balaban J connectivity index is 2.74. The lowest BCUT2D eigenvalue weighted by Crippen LogP contribution is -2.15. The van der Waals surface area contributed by atoms with E-state index in [1.807, 2.05) is 0 Å². The lowest BCUT2D eigenvalue weighted by molar-refractivity contribution is -0.137. The number of anilines is 1. The van der Waals surface area contributed by atoms with E-state index in [4.69, 9.17) is 5.14 Å². The molecule has 1 heterocycles. The molecule has 2 rings (SSSR count). The number of thiol groups is 1. The fraction of sp³-hybridized carbons (Fsp3) is 0.154. The number of rotatable bonds is 4. The van der Waals surface area contributed by atoms with Crippen LogP contribution >= 0.6 is 12.6 Å². The summed E-state index contributed by atoms with van der Waals surface area (Å²) in [5.41, 5.74) is -1.39. The minimum absolute atomic E-state index is 0.114. The first kappa shape index (κ1) is 20.5. The highest BCUT2D eigenvalue weighted by Gasteiger charge is 2.31. The van der Waals surface area contributed by atoms with Crippen LogP contribution in [0.25, 0.3) is 11.3 Å². The fourth-order valence-electron chi connectivity index (χ4n) is 2.06. The van der Waals surface area contributed by atoms with Gasteiger partial charge in [-0.15, -0.1) is 12.6 Å². The molecule has 13 heteroatoms. The maximum Gasteiger partial charge on any atom is 0.417 e. The van der Waals surface area contributed by atoms with Crippen molar-refractivity contribution in [2.75, 3.05) is 11.0 Å². The first-order chi connectivity index (χ1) is 11.7. The Morgan fingerprint density at radius 3 is 2.15 bits per heavy atom. The third-order valence-electron chi connectivity index (χ3n) is 3.09. The molecule has 1 aromatic carbocycles. The zero-order chi connectivity index (χ0) is 19.9. The Hall–Kier alpha value is -1.83. The Kier molecular flexibility index (Phi) is 5.29. The number of primary sulfonamides is 1. The van der Waals surface area contributed by atoms with E-state index in [1.165, 1.54) is 0 Å². The van der Waals surface area contributed by atoms with Crippen molar-refractivity contribution >= 4 is 38.4 Å². The molecule has 0 spiro atoms. The molecule has 142 valence electrons. The number of nitrogens with two attached hydrogens (primary N) is 1. The van der Waals surface area contributed by atoms with Crippen molar-refractivity contribution in [3.05, 3.63) is 36.0 Å². The predicted molar refractivity (Wildman–Crippen MR) is 91.8 cm³/mol. The van der Waals surface area contributed by atoms with Crippen LogP contribution in [0.15, 0.2) is 40.3 Å². The average molecular weight is 427 g/mol. The summed E-state index contributed by atoms with van der Waals surface area (Å²) in [4.78, 5) is 2.96. The molecule has 0 bridgehead atoms. The second-order valence-corrected chi connectivity index (χ2v) is 8.91. The summed E-state index contributed by atoms with van der Waals surface area (Å²) in [6, 6.07) is 3.83. The van der Waals surface area contributed by atoms with Crippen molar-refractivity contribution in [3.63, 3.8) is 0 Å². The smallest absolute Gasteiger partial charge is 0.283 e. The highest BCUT2D eigenvalue weighted by molar-refractivity contribution is 7.92. The highest BCUT2D eigenvalue weighted by Crippen LogP contribution is 2.38. The van der Waals surface area contributed by atoms with Crippen molar-refractivity contribution in [1.29, 1.82) is 0 Å². The van der Waals surface area contributed by atoms with E-state index in [1.54, 1.807) is 0 Å². The topological polar surface area (TPSA) is 119 Å². The fourth-order valence-corrected chi connectivity index (χ4v) is 3.95. The summed E-state index contributed by atoms with van der Waals surface area (Å²) in [5.74, 6) is 0. The number of nitrogens with zero attached hydrogens (tertiary/aromatic N) is 1. The van der Waals surface area contributed by atoms with E-state index in [0.717, 1.165) is 30.5 Å². The molecule has 0 aliphatic heterocycles. The van der Waals surface area contributed by atoms with Crippen molar-refractivity contribution < 1.29 is 30.0 Å². The van der Waals surface area contributed by atoms with Gasteiger partial charge in [-0.1, -0.05) is 0 Å². The Labute approximate surface area is 153 Å². The third kappa shape index (κ3) is 4.66. The maximum absolute atomic E-state index is 12.7. The predicted octanol–water partition coefficient (Wildman–Crippen LogP) is 2.08. The second-order valence-electron chi connectivity index (χ2n) is 5.18. The number of benzene rings is 1. The van der Waals surface area contributed by atoms with Crippen LogP contribution in [0.4, 0.5) is 18.9 Å². The molecule has 0 amide bonds. The van der Waals surface area contributed by atoms with Gasteiger partial charge in [0.1, 0.15) is 0 Å². The molecular weight excluding hydrogens is 415 g/mol. The molecule has 0 atom stereocenters. The van der Waals surface area contributed by atoms with Gasteiger partial charge in [0.15, 0.2) is 0 Å². The molecule has 2 aromatic rings. The number of hydrogen-bond donors (Lipinski definition) is 3. The largest absolute Gasteiger partial charge is 0.417 e. The zero-order valence-electron chi connectivity index (χ0n) is 12.9. The zero-order valence-corrected chi connectivity index (χ0v) is 15.5. The Bertz CT molecular complexity index is 1050. The minimum Gasteiger partial charge on any atom is -0.283 e. The third-order valence-corrected chi connectivity index (χ3v) is 5.25. The number of nitrogens with one attached hydrogen (secondary N) is 1. The first-order valence-electron chi connectivity index (χ1n) is 6.60. The summed E-state index contributed by atoms with van der Waals surface area (Å²) in [5, 5.41) is 5.08. The average Bonchev–Trinajstić information content (AvgIpc) is 2.43. The molecule has 0 radical (unpaired) electrons. The van der Waals surface area contributed by atoms with Crippen molar-refractivity contribution in [2.24, 2.45) is 5.14 Å². The molecule has 26 heavy (non-hydrogen) atoms. The number of aromatic nitrogens is 1. The lowest BCUT2D eigenvalue weighted by atomic mass is 10.1. The van der Waals surface area contributed by atoms with Crippen LogP contribution in [0.3, 0.4) is 0 Å². The van der Waals surface area contributed by atoms with Gasteiger partial charge in [0.05, 0.1) is 28.1 Å². The maximum atomic E-state index is 12.7. The second kappa shape index (κ2) is 6.72. The molecule has 3 N–H and O–H groups in total. The molecule has 0 aliphatic carbocycles. The standard InChI is InChI=1S/C13H12F3N3O4S3/c1-25(20,21)19-9-4-5-10(26(17,22)23)12(24)11(9)8-3-2-7(6-18-8)13(14,15)16/h2-6,19,24H,1H3,(H2,17,22,23). The van der Waals surface area contributed by atoms with E-state index >= 15 is 0 Å². The SMILES string of the molecule is CS(=O)(=O)Nc1ccc(S(N)(=O)=O)c(S)c1-c1ccc(C(F)(F)F)cn1. The molecule has 0 saturated heterocycles. The van der Waals surface area contributed by atoms with Gasteiger partial charge in [0.25, 0.3) is 0 Å². The van der Waals surface area contributed by atoms with Crippen molar-refractivity contribution in [1.82, 2.24) is 4.98 Å². The number of halogens is 3. The monoisotopic (exact) mass is 427 g/mol. The van der Waals surface area contributed by atoms with Gasteiger partial charge >= 0.3 is 6.18 Å². The van der Waals surface area contributed by atoms with Crippen LogP contribution in [0.2, 0.25) is 0 Å². The summed E-state index contributed by atoms with van der Waals surface area (Å²) >= 11 is 4.06.